The van der Waals surface area contributed by atoms with Gasteiger partial charge in [-0.3, -0.25) is 10.8 Å². The summed E-state index contributed by atoms with van der Waals surface area (Å²) in [6.07, 6.45) is 2.69. The third-order valence-corrected chi connectivity index (χ3v) is 4.29. The van der Waals surface area contributed by atoms with Crippen LogP contribution >= 0.6 is 11.6 Å². The van der Waals surface area contributed by atoms with Crippen LogP contribution in [0.1, 0.15) is 5.56 Å². The number of nitrogens with zero attached hydrogens (tertiary/aromatic N) is 1. The van der Waals surface area contributed by atoms with E-state index in [-0.39, 0.29) is 17.1 Å². The number of hydrogen-bond acceptors (Lipinski definition) is 5. The first-order valence-corrected chi connectivity index (χ1v) is 7.54. The largest absolute Gasteiger partial charge is 0.323 e. The Hall–Kier alpha value is -1.67. The number of nitrogens with two attached hydrogens (primary N) is 1. The summed E-state index contributed by atoms with van der Waals surface area (Å²) in [5.74, 6) is 5.29. The highest BCUT2D eigenvalue weighted by molar-refractivity contribution is 7.89. The number of benzene rings is 1. The van der Waals surface area contributed by atoms with Crippen molar-refractivity contribution in [3.63, 3.8) is 0 Å². The fourth-order valence-corrected chi connectivity index (χ4v) is 2.83. The van der Waals surface area contributed by atoms with Crippen LogP contribution in [0.15, 0.2) is 47.6 Å². The molecule has 0 radical (unpaired) electrons. The van der Waals surface area contributed by atoms with Crippen LogP contribution in [0.4, 0.5) is 5.69 Å². The molecule has 0 aliphatic rings. The summed E-state index contributed by atoms with van der Waals surface area (Å²) in [6.45, 7) is 0.151. The third-order valence-electron chi connectivity index (χ3n) is 2.61. The number of hydrazine groups is 1. The number of hydrogen-bond donors (Lipinski definition) is 3. The summed E-state index contributed by atoms with van der Waals surface area (Å²) >= 11 is 5.77. The van der Waals surface area contributed by atoms with Gasteiger partial charge in [0.05, 0.1) is 5.69 Å². The van der Waals surface area contributed by atoms with Gasteiger partial charge in [-0.2, -0.15) is 0 Å². The van der Waals surface area contributed by atoms with E-state index in [1.807, 2.05) is 0 Å². The molecule has 0 amide bonds. The van der Waals surface area contributed by atoms with Crippen molar-refractivity contribution in [1.82, 2.24) is 9.71 Å². The molecule has 0 aliphatic heterocycles. The number of nitrogen functional groups attached to an aromatic ring is 1. The van der Waals surface area contributed by atoms with Gasteiger partial charge < -0.3 is 5.43 Å². The third kappa shape index (κ3) is 3.45. The van der Waals surface area contributed by atoms with Gasteiger partial charge in [-0.05, 0) is 23.8 Å². The standard InChI is InChI=1S/C12H13ClN4O2S/c13-10-3-1-9(2-4-10)7-16-20(18,19)12-8-15-6-5-11(12)17-14/h1-6,8,16H,7,14H2,(H,15,17). The van der Waals surface area contributed by atoms with E-state index in [1.54, 1.807) is 24.3 Å². The van der Waals surface area contributed by atoms with Crippen LogP contribution in [0.3, 0.4) is 0 Å². The summed E-state index contributed by atoms with van der Waals surface area (Å²) in [4.78, 5) is 3.79. The maximum Gasteiger partial charge on any atom is 0.244 e. The van der Waals surface area contributed by atoms with E-state index in [9.17, 15) is 8.42 Å². The van der Waals surface area contributed by atoms with Crippen molar-refractivity contribution < 1.29 is 8.42 Å². The van der Waals surface area contributed by atoms with E-state index in [0.29, 0.717) is 5.02 Å². The molecule has 106 valence electrons. The van der Waals surface area contributed by atoms with Crippen LogP contribution in [-0.4, -0.2) is 13.4 Å². The normalized spacial score (nSPS) is 11.3. The molecule has 0 spiro atoms. The van der Waals surface area contributed by atoms with Gasteiger partial charge in [-0.25, -0.2) is 13.1 Å². The Bertz CT molecular complexity index is 689. The molecule has 2 aromatic rings. The second-order valence-electron chi connectivity index (χ2n) is 3.97. The van der Waals surface area contributed by atoms with Gasteiger partial charge in [0.25, 0.3) is 0 Å². The van der Waals surface area contributed by atoms with Gasteiger partial charge in [-0.1, -0.05) is 23.7 Å². The Balaban J connectivity index is 2.17. The van der Waals surface area contributed by atoms with Crippen molar-refractivity contribution in [2.75, 3.05) is 5.43 Å². The Morgan fingerprint density at radius 1 is 1.20 bits per heavy atom. The summed E-state index contributed by atoms with van der Waals surface area (Å²) < 4.78 is 26.8. The van der Waals surface area contributed by atoms with E-state index in [1.165, 1.54) is 18.5 Å². The molecule has 1 aromatic heterocycles. The Kier molecular flexibility index (Phi) is 4.56. The van der Waals surface area contributed by atoms with Gasteiger partial charge in [0.1, 0.15) is 4.90 Å². The average molecular weight is 313 g/mol. The highest BCUT2D eigenvalue weighted by Crippen LogP contribution is 2.18. The van der Waals surface area contributed by atoms with Gasteiger partial charge in [0, 0.05) is 24.0 Å². The molecule has 0 saturated heterocycles. The van der Waals surface area contributed by atoms with Crippen LogP contribution in [0.5, 0.6) is 0 Å². The minimum absolute atomic E-state index is 0.00327. The number of nitrogens with one attached hydrogen (secondary N) is 2. The molecule has 0 aliphatic carbocycles. The quantitative estimate of drug-likeness (QED) is 0.574. The van der Waals surface area contributed by atoms with E-state index in [0.717, 1.165) is 5.56 Å². The Morgan fingerprint density at radius 3 is 2.55 bits per heavy atom. The topological polar surface area (TPSA) is 97.1 Å². The van der Waals surface area contributed by atoms with E-state index < -0.39 is 10.0 Å². The molecule has 1 aromatic carbocycles. The molecule has 8 heteroatoms. The Morgan fingerprint density at radius 2 is 1.90 bits per heavy atom. The summed E-state index contributed by atoms with van der Waals surface area (Å²) in [5.41, 5.74) is 3.41. The first-order valence-electron chi connectivity index (χ1n) is 5.67. The fourth-order valence-electron chi connectivity index (χ4n) is 1.57. The molecular formula is C12H13ClN4O2S. The number of rotatable bonds is 5. The van der Waals surface area contributed by atoms with Gasteiger partial charge in [0.15, 0.2) is 0 Å². The molecule has 0 saturated carbocycles. The first kappa shape index (κ1) is 14.7. The fraction of sp³-hybridized carbons (Fsp3) is 0.0833. The highest BCUT2D eigenvalue weighted by atomic mass is 35.5. The summed E-state index contributed by atoms with van der Waals surface area (Å²) in [7, 11) is -3.70. The van der Waals surface area contributed by atoms with Crippen LogP contribution in [0.25, 0.3) is 0 Å². The molecule has 20 heavy (non-hydrogen) atoms. The lowest BCUT2D eigenvalue weighted by Crippen LogP contribution is -2.25. The monoisotopic (exact) mass is 312 g/mol. The van der Waals surface area contributed by atoms with Gasteiger partial charge in [0.2, 0.25) is 10.0 Å². The van der Waals surface area contributed by atoms with Crippen molar-refractivity contribution in [2.24, 2.45) is 5.84 Å². The average Bonchev–Trinajstić information content (AvgIpc) is 2.46. The smallest absolute Gasteiger partial charge is 0.244 e. The van der Waals surface area contributed by atoms with Crippen LogP contribution in [-0.2, 0) is 16.6 Å². The van der Waals surface area contributed by atoms with E-state index in [4.69, 9.17) is 17.4 Å². The van der Waals surface area contributed by atoms with Crippen molar-refractivity contribution in [3.8, 4) is 0 Å². The highest BCUT2D eigenvalue weighted by Gasteiger charge is 2.18. The zero-order chi connectivity index (χ0) is 14.6. The molecule has 0 fully saturated rings. The molecular weight excluding hydrogens is 300 g/mol. The number of sulfonamides is 1. The van der Waals surface area contributed by atoms with Crippen molar-refractivity contribution in [3.05, 3.63) is 53.3 Å². The number of anilines is 1. The zero-order valence-corrected chi connectivity index (χ0v) is 11.9. The van der Waals surface area contributed by atoms with Gasteiger partial charge >= 0.3 is 0 Å². The number of halogens is 1. The Labute approximate surface area is 122 Å². The molecule has 1 heterocycles. The van der Waals surface area contributed by atoms with Crippen LogP contribution < -0.4 is 16.0 Å². The van der Waals surface area contributed by atoms with E-state index >= 15 is 0 Å². The lowest BCUT2D eigenvalue weighted by atomic mass is 10.2. The van der Waals surface area contributed by atoms with Crippen molar-refractivity contribution in [1.29, 1.82) is 0 Å². The predicted octanol–water partition coefficient (Wildman–Crippen LogP) is 1.50. The van der Waals surface area contributed by atoms with Crippen LogP contribution in [0.2, 0.25) is 5.02 Å². The lowest BCUT2D eigenvalue weighted by Gasteiger charge is -2.10. The second kappa shape index (κ2) is 6.19. The molecule has 0 atom stereocenters. The molecule has 4 N–H and O–H groups in total. The lowest BCUT2D eigenvalue weighted by molar-refractivity contribution is 0.581. The summed E-state index contributed by atoms with van der Waals surface area (Å²) in [6, 6.07) is 8.37. The molecule has 2 rings (SSSR count). The minimum Gasteiger partial charge on any atom is -0.323 e. The maximum absolute atomic E-state index is 12.2. The summed E-state index contributed by atoms with van der Waals surface area (Å²) in [5, 5.41) is 0.596. The number of pyridine rings is 1. The minimum atomic E-state index is -3.70. The molecule has 0 bridgehead atoms. The zero-order valence-electron chi connectivity index (χ0n) is 10.4. The molecule has 6 nitrogen and oxygen atoms in total. The van der Waals surface area contributed by atoms with Gasteiger partial charge in [-0.15, -0.1) is 0 Å². The SMILES string of the molecule is NNc1ccncc1S(=O)(=O)NCc1ccc(Cl)cc1. The number of aromatic nitrogens is 1. The molecule has 0 unspecified atom stereocenters. The van der Waals surface area contributed by atoms with Crippen molar-refractivity contribution >= 4 is 27.3 Å². The predicted molar refractivity (Wildman–Crippen MR) is 77.5 cm³/mol. The second-order valence-corrected chi connectivity index (χ2v) is 6.14. The van der Waals surface area contributed by atoms with E-state index in [2.05, 4.69) is 15.1 Å². The first-order chi connectivity index (χ1) is 9.53. The maximum atomic E-state index is 12.2. The van der Waals surface area contributed by atoms with Crippen LogP contribution in [0, 0.1) is 0 Å². The van der Waals surface area contributed by atoms with Crippen molar-refractivity contribution in [2.45, 2.75) is 11.4 Å².